The largest absolute Gasteiger partial charge is 0.474 e. The molecule has 1 aromatic carbocycles. The van der Waals surface area contributed by atoms with Crippen LogP contribution in [0.2, 0.25) is 0 Å². The second-order valence-corrected chi connectivity index (χ2v) is 6.01. The molecule has 1 aromatic rings. The highest BCUT2D eigenvalue weighted by Gasteiger charge is 2.17. The average Bonchev–Trinajstić information content (AvgIpc) is 2.69. The van der Waals surface area contributed by atoms with Gasteiger partial charge in [-0.25, -0.2) is 0 Å². The first kappa shape index (κ1) is 23.0. The number of benzene rings is 1. The van der Waals surface area contributed by atoms with Gasteiger partial charge in [-0.15, -0.1) is 0 Å². The quantitative estimate of drug-likeness (QED) is 0.339. The molecule has 0 radical (unpaired) electrons. The molecule has 0 bridgehead atoms. The molecule has 9 nitrogen and oxygen atoms in total. The monoisotopic (exact) mass is 392 g/mol. The van der Waals surface area contributed by atoms with Crippen LogP contribution in [-0.2, 0) is 30.7 Å². The summed E-state index contributed by atoms with van der Waals surface area (Å²) in [5.41, 5.74) is 4.43. The number of likely N-dealkylation sites (N-methyl/N-ethyl adjacent to an activating group) is 1. The molecule has 28 heavy (non-hydrogen) atoms. The van der Waals surface area contributed by atoms with Gasteiger partial charge in [0.25, 0.3) is 11.8 Å². The van der Waals surface area contributed by atoms with E-state index >= 15 is 0 Å². The van der Waals surface area contributed by atoms with E-state index in [1.807, 2.05) is 26.0 Å². The normalized spacial score (nSPS) is 11.8. The molecule has 0 spiro atoms. The molecule has 1 rings (SSSR count). The molecule has 0 heterocycles. The van der Waals surface area contributed by atoms with E-state index < -0.39 is 0 Å². The zero-order valence-electron chi connectivity index (χ0n) is 16.9. The van der Waals surface area contributed by atoms with Crippen molar-refractivity contribution in [2.24, 2.45) is 16.2 Å². The van der Waals surface area contributed by atoms with Crippen molar-refractivity contribution in [1.82, 2.24) is 10.8 Å². The van der Waals surface area contributed by atoms with Gasteiger partial charge in [0.1, 0.15) is 26.5 Å². The molecule has 0 saturated heterocycles. The van der Waals surface area contributed by atoms with Gasteiger partial charge in [0.05, 0.1) is 6.61 Å². The SMILES string of the molecule is C=C(NOCc1ccccc1C(=NOC)C(=O)NC)C(=NOC)OCC(C)C. The Morgan fingerprint density at radius 1 is 1.18 bits per heavy atom. The van der Waals surface area contributed by atoms with Gasteiger partial charge in [0, 0.05) is 12.6 Å². The predicted octanol–water partition coefficient (Wildman–Crippen LogP) is 1.95. The van der Waals surface area contributed by atoms with Gasteiger partial charge in [-0.2, -0.15) is 0 Å². The minimum Gasteiger partial charge on any atom is -0.474 e. The van der Waals surface area contributed by atoms with Crippen molar-refractivity contribution in [1.29, 1.82) is 0 Å². The fourth-order valence-electron chi connectivity index (χ4n) is 2.04. The van der Waals surface area contributed by atoms with Crippen LogP contribution in [0.15, 0.2) is 46.9 Å². The smallest absolute Gasteiger partial charge is 0.275 e. The first-order chi connectivity index (χ1) is 13.4. The highest BCUT2D eigenvalue weighted by molar-refractivity contribution is 6.45. The number of hydroxylamine groups is 1. The summed E-state index contributed by atoms with van der Waals surface area (Å²) in [6.07, 6.45) is 0. The molecule has 2 N–H and O–H groups in total. The van der Waals surface area contributed by atoms with Gasteiger partial charge in [0.2, 0.25) is 0 Å². The Labute approximate surface area is 165 Å². The standard InChI is InChI=1S/C19H28N4O5/c1-13(2)11-27-19(23-26-6)14(3)21-28-12-15-9-7-8-10-16(15)17(22-25-5)18(24)20-4/h7-10,13,21H,3,11-12H2,1-2,4-6H3,(H,20,24). The first-order valence-electron chi connectivity index (χ1n) is 8.67. The number of rotatable bonds is 11. The Bertz CT molecular complexity index is 716. The molecule has 0 aliphatic heterocycles. The third kappa shape index (κ3) is 7.28. The molecule has 0 atom stereocenters. The predicted molar refractivity (Wildman–Crippen MR) is 106 cm³/mol. The maximum atomic E-state index is 12.1. The second kappa shape index (κ2) is 12.3. The summed E-state index contributed by atoms with van der Waals surface area (Å²) in [6.45, 7) is 8.44. The van der Waals surface area contributed by atoms with E-state index in [-0.39, 0.29) is 24.1 Å². The Hall–Kier alpha value is -3.07. The first-order valence-corrected chi connectivity index (χ1v) is 8.67. The van der Waals surface area contributed by atoms with Crippen LogP contribution in [0.5, 0.6) is 0 Å². The summed E-state index contributed by atoms with van der Waals surface area (Å²) in [4.78, 5) is 27.2. The number of hydrogen-bond acceptors (Lipinski definition) is 8. The summed E-state index contributed by atoms with van der Waals surface area (Å²) in [7, 11) is 4.31. The van der Waals surface area contributed by atoms with E-state index in [9.17, 15) is 4.79 Å². The molecule has 1 amide bonds. The lowest BCUT2D eigenvalue weighted by molar-refractivity contribution is -0.114. The Kier molecular flexibility index (Phi) is 10.1. The number of nitrogens with zero attached hydrogens (tertiary/aromatic N) is 2. The lowest BCUT2D eigenvalue weighted by Gasteiger charge is -2.15. The number of hydrogen-bond donors (Lipinski definition) is 2. The van der Waals surface area contributed by atoms with Crippen LogP contribution in [0, 0.1) is 5.92 Å². The van der Waals surface area contributed by atoms with Crippen LogP contribution < -0.4 is 10.8 Å². The minimum atomic E-state index is -0.372. The molecule has 154 valence electrons. The average molecular weight is 392 g/mol. The lowest BCUT2D eigenvalue weighted by atomic mass is 10.0. The van der Waals surface area contributed by atoms with Crippen molar-refractivity contribution in [2.45, 2.75) is 20.5 Å². The van der Waals surface area contributed by atoms with Crippen molar-refractivity contribution in [2.75, 3.05) is 27.9 Å². The molecule has 0 unspecified atom stereocenters. The molecule has 0 aliphatic carbocycles. The van der Waals surface area contributed by atoms with Crippen molar-refractivity contribution in [3.63, 3.8) is 0 Å². The minimum absolute atomic E-state index is 0.124. The summed E-state index contributed by atoms with van der Waals surface area (Å²) in [6, 6.07) is 7.19. The van der Waals surface area contributed by atoms with Crippen LogP contribution in [0.4, 0.5) is 0 Å². The van der Waals surface area contributed by atoms with Crippen molar-refractivity contribution in [3.05, 3.63) is 47.7 Å². The summed E-state index contributed by atoms with van der Waals surface area (Å²) in [5.74, 6) is 0.130. The maximum absolute atomic E-state index is 12.1. The number of nitrogens with one attached hydrogen (secondary N) is 2. The molecule has 0 aliphatic rings. The van der Waals surface area contributed by atoms with Crippen molar-refractivity contribution < 1.29 is 24.0 Å². The van der Waals surface area contributed by atoms with Gasteiger partial charge >= 0.3 is 0 Å². The Morgan fingerprint density at radius 2 is 1.86 bits per heavy atom. The Morgan fingerprint density at radius 3 is 2.46 bits per heavy atom. The van der Waals surface area contributed by atoms with E-state index in [1.165, 1.54) is 21.3 Å². The number of amides is 1. The van der Waals surface area contributed by atoms with E-state index in [1.54, 1.807) is 12.1 Å². The summed E-state index contributed by atoms with van der Waals surface area (Å²) in [5, 5.41) is 10.1. The fourth-order valence-corrected chi connectivity index (χ4v) is 2.04. The number of oxime groups is 2. The third-order valence-corrected chi connectivity index (χ3v) is 3.31. The van der Waals surface area contributed by atoms with Crippen LogP contribution in [0.25, 0.3) is 0 Å². The van der Waals surface area contributed by atoms with Crippen LogP contribution >= 0.6 is 0 Å². The molecule has 9 heteroatoms. The van der Waals surface area contributed by atoms with Crippen LogP contribution in [-0.4, -0.2) is 45.4 Å². The highest BCUT2D eigenvalue weighted by atomic mass is 16.7. The molecular formula is C19H28N4O5. The van der Waals surface area contributed by atoms with Crippen LogP contribution in [0.3, 0.4) is 0 Å². The highest BCUT2D eigenvalue weighted by Crippen LogP contribution is 2.12. The maximum Gasteiger partial charge on any atom is 0.275 e. The van der Waals surface area contributed by atoms with Crippen LogP contribution in [0.1, 0.15) is 25.0 Å². The van der Waals surface area contributed by atoms with Gasteiger partial charge < -0.3 is 19.7 Å². The molecule has 0 saturated carbocycles. The van der Waals surface area contributed by atoms with Gasteiger partial charge in [-0.05, 0) is 16.6 Å². The van der Waals surface area contributed by atoms with E-state index in [0.717, 1.165) is 5.56 Å². The molecular weight excluding hydrogens is 364 g/mol. The zero-order chi connectivity index (χ0) is 20.9. The summed E-state index contributed by atoms with van der Waals surface area (Å²) >= 11 is 0. The van der Waals surface area contributed by atoms with E-state index in [2.05, 4.69) is 27.7 Å². The van der Waals surface area contributed by atoms with Gasteiger partial charge in [0.15, 0.2) is 5.71 Å². The molecule has 0 aromatic heterocycles. The van der Waals surface area contributed by atoms with E-state index in [0.29, 0.717) is 23.8 Å². The van der Waals surface area contributed by atoms with Gasteiger partial charge in [-0.3, -0.25) is 15.1 Å². The summed E-state index contributed by atoms with van der Waals surface area (Å²) < 4.78 is 5.54. The lowest BCUT2D eigenvalue weighted by Crippen LogP contribution is -2.30. The molecule has 0 fully saturated rings. The van der Waals surface area contributed by atoms with Crippen molar-refractivity contribution in [3.8, 4) is 0 Å². The topological polar surface area (TPSA) is 103 Å². The van der Waals surface area contributed by atoms with E-state index in [4.69, 9.17) is 19.2 Å². The number of ether oxygens (including phenoxy) is 1. The zero-order valence-corrected chi connectivity index (χ0v) is 16.9. The second-order valence-electron chi connectivity index (χ2n) is 6.01. The fraction of sp³-hybridized carbons (Fsp3) is 0.421. The van der Waals surface area contributed by atoms with Gasteiger partial charge in [-0.1, -0.05) is 49.8 Å². The third-order valence-electron chi connectivity index (χ3n) is 3.31. The Balaban J connectivity index is 2.83. The van der Waals surface area contributed by atoms with Crippen molar-refractivity contribution >= 4 is 17.5 Å². The number of carbonyl (C=O) groups excluding carboxylic acids is 1. The number of carbonyl (C=O) groups is 1.